The summed E-state index contributed by atoms with van der Waals surface area (Å²) in [6, 6.07) is 18.0. The van der Waals surface area contributed by atoms with Gasteiger partial charge >= 0.3 is 0 Å². The summed E-state index contributed by atoms with van der Waals surface area (Å²) < 4.78 is 0. The molecule has 0 aliphatic rings. The van der Waals surface area contributed by atoms with Gasteiger partial charge in [-0.2, -0.15) is 0 Å². The summed E-state index contributed by atoms with van der Waals surface area (Å²) in [5.74, 6) is 2.90. The molecule has 0 aliphatic carbocycles. The number of hydrogen-bond donors (Lipinski definition) is 0. The Morgan fingerprint density at radius 3 is 1.82 bits per heavy atom. The highest BCUT2D eigenvalue weighted by atomic mass is 14.2. The predicted octanol–water partition coefficient (Wildman–Crippen LogP) is 8.50. The van der Waals surface area contributed by atoms with E-state index in [0.717, 1.165) is 11.8 Å². The highest BCUT2D eigenvalue weighted by Crippen LogP contribution is 2.25. The molecular weight excluding hydrogens is 336 g/mol. The fraction of sp³-hybridized carbons (Fsp3) is 0.500. The molecule has 0 radical (unpaired) electrons. The highest BCUT2D eigenvalue weighted by Gasteiger charge is 2.12. The lowest BCUT2D eigenvalue weighted by molar-refractivity contribution is 0.364. The molecule has 2 aromatic rings. The minimum atomic E-state index is 0.658. The van der Waals surface area contributed by atoms with Crippen LogP contribution in [0.5, 0.6) is 0 Å². The van der Waals surface area contributed by atoms with Gasteiger partial charge in [-0.3, -0.25) is 0 Å². The Morgan fingerprint density at radius 2 is 1.25 bits per heavy atom. The summed E-state index contributed by atoms with van der Waals surface area (Å²) in [5, 5.41) is 0. The second-order valence-corrected chi connectivity index (χ2v) is 9.25. The second kappa shape index (κ2) is 11.2. The van der Waals surface area contributed by atoms with Gasteiger partial charge in [0.25, 0.3) is 0 Å². The number of benzene rings is 2. The zero-order chi connectivity index (χ0) is 20.5. The Morgan fingerprint density at radius 1 is 0.679 bits per heavy atom. The maximum absolute atomic E-state index is 2.42. The number of allylic oxidation sites excluding steroid dienone is 2. The first-order valence-electron chi connectivity index (χ1n) is 11.2. The molecule has 3 atom stereocenters. The van der Waals surface area contributed by atoms with Gasteiger partial charge in [-0.1, -0.05) is 107 Å². The average Bonchev–Trinajstić information content (AvgIpc) is 2.69. The first-order valence-corrected chi connectivity index (χ1v) is 11.2. The van der Waals surface area contributed by atoms with Crippen molar-refractivity contribution in [1.29, 1.82) is 0 Å². The van der Waals surface area contributed by atoms with Crippen molar-refractivity contribution in [1.82, 2.24) is 0 Å². The van der Waals surface area contributed by atoms with Crippen molar-refractivity contribution in [2.24, 2.45) is 23.7 Å². The lowest BCUT2D eigenvalue weighted by Crippen LogP contribution is -2.08. The van der Waals surface area contributed by atoms with Gasteiger partial charge in [-0.25, -0.2) is 0 Å². The van der Waals surface area contributed by atoms with E-state index in [1.165, 1.54) is 47.9 Å². The van der Waals surface area contributed by atoms with Crippen LogP contribution in [-0.4, -0.2) is 0 Å². The smallest absolute Gasteiger partial charge is 0.0184 e. The predicted molar refractivity (Wildman–Crippen MR) is 126 cm³/mol. The van der Waals surface area contributed by atoms with E-state index >= 15 is 0 Å². The van der Waals surface area contributed by atoms with Crippen LogP contribution in [0.4, 0.5) is 0 Å². The molecule has 3 unspecified atom stereocenters. The summed E-state index contributed by atoms with van der Waals surface area (Å²) in [7, 11) is 0. The number of hydrogen-bond acceptors (Lipinski definition) is 0. The first kappa shape index (κ1) is 22.5. The second-order valence-electron chi connectivity index (χ2n) is 9.25. The normalized spacial score (nSPS) is 15.1. The molecule has 0 saturated carbocycles. The molecule has 28 heavy (non-hydrogen) atoms. The Bertz CT molecular complexity index is 703. The standard InChI is InChI=1S/C28H40/c1-21(2)7-12-24(5)25(6)13-8-22(3)9-14-26-15-19-28(20-16-26)27-17-10-23(4)11-18-27/h7,10-12,15-22,24-25H,8-9,13-14H2,1-6H3/b12-7-. The maximum atomic E-state index is 2.42. The molecule has 0 amide bonds. The Hall–Kier alpha value is -1.82. The zero-order valence-electron chi connectivity index (χ0n) is 18.9. The summed E-state index contributed by atoms with van der Waals surface area (Å²) in [4.78, 5) is 0. The minimum absolute atomic E-state index is 0.658. The van der Waals surface area contributed by atoms with Gasteiger partial charge in [-0.05, 0) is 66.5 Å². The van der Waals surface area contributed by atoms with Gasteiger partial charge in [0.05, 0.1) is 0 Å². The van der Waals surface area contributed by atoms with Crippen molar-refractivity contribution >= 4 is 0 Å². The van der Waals surface area contributed by atoms with Gasteiger partial charge in [0.15, 0.2) is 0 Å². The molecule has 0 N–H and O–H groups in total. The molecule has 0 nitrogen and oxygen atoms in total. The van der Waals surface area contributed by atoms with Crippen LogP contribution >= 0.6 is 0 Å². The molecule has 0 fully saturated rings. The van der Waals surface area contributed by atoms with Gasteiger partial charge in [-0.15, -0.1) is 0 Å². The van der Waals surface area contributed by atoms with Crippen LogP contribution in [0, 0.1) is 30.6 Å². The van der Waals surface area contributed by atoms with E-state index < -0.39 is 0 Å². The van der Waals surface area contributed by atoms with Gasteiger partial charge in [0.2, 0.25) is 0 Å². The van der Waals surface area contributed by atoms with Crippen molar-refractivity contribution in [3.05, 3.63) is 71.8 Å². The molecule has 0 aromatic heterocycles. The SMILES string of the molecule is Cc1ccc(-c2ccc(CCC(C)CCC(C)C(C)/C=C\C(C)C)cc2)cc1. The molecule has 152 valence electrons. The first-order chi connectivity index (χ1) is 13.3. The van der Waals surface area contributed by atoms with E-state index in [-0.39, 0.29) is 0 Å². The molecule has 0 spiro atoms. The van der Waals surface area contributed by atoms with Crippen molar-refractivity contribution in [3.8, 4) is 11.1 Å². The van der Waals surface area contributed by atoms with Crippen molar-refractivity contribution in [2.75, 3.05) is 0 Å². The summed E-state index contributed by atoms with van der Waals surface area (Å²) in [5.41, 5.74) is 5.40. The van der Waals surface area contributed by atoms with Gasteiger partial charge in [0, 0.05) is 0 Å². The molecule has 0 saturated heterocycles. The Labute approximate surface area is 174 Å². The summed E-state index contributed by atoms with van der Waals surface area (Å²) in [6.45, 7) is 13.8. The quantitative estimate of drug-likeness (QED) is 0.365. The summed E-state index contributed by atoms with van der Waals surface area (Å²) in [6.07, 6.45) is 9.90. The monoisotopic (exact) mass is 376 g/mol. The lowest BCUT2D eigenvalue weighted by atomic mass is 9.86. The van der Waals surface area contributed by atoms with Crippen LogP contribution in [0.1, 0.15) is 65.0 Å². The maximum Gasteiger partial charge on any atom is -0.0184 e. The molecule has 0 bridgehead atoms. The van der Waals surface area contributed by atoms with E-state index in [2.05, 4.69) is 102 Å². The van der Waals surface area contributed by atoms with Crippen molar-refractivity contribution in [2.45, 2.75) is 67.2 Å². The van der Waals surface area contributed by atoms with E-state index in [4.69, 9.17) is 0 Å². The zero-order valence-corrected chi connectivity index (χ0v) is 18.9. The molecule has 0 heteroatoms. The molecular formula is C28H40. The van der Waals surface area contributed by atoms with E-state index in [1.54, 1.807) is 0 Å². The van der Waals surface area contributed by atoms with Crippen LogP contribution < -0.4 is 0 Å². The Balaban J connectivity index is 1.76. The lowest BCUT2D eigenvalue weighted by Gasteiger charge is -2.19. The highest BCUT2D eigenvalue weighted by molar-refractivity contribution is 5.63. The molecule has 0 heterocycles. The van der Waals surface area contributed by atoms with E-state index in [9.17, 15) is 0 Å². The molecule has 0 aliphatic heterocycles. The molecule has 2 rings (SSSR count). The molecule has 2 aromatic carbocycles. The fourth-order valence-electron chi connectivity index (χ4n) is 3.56. The van der Waals surface area contributed by atoms with Crippen LogP contribution in [0.15, 0.2) is 60.7 Å². The minimum Gasteiger partial charge on any atom is -0.0857 e. The van der Waals surface area contributed by atoms with Crippen molar-refractivity contribution in [3.63, 3.8) is 0 Å². The largest absolute Gasteiger partial charge is 0.0857 e. The third kappa shape index (κ3) is 7.66. The third-order valence-corrected chi connectivity index (χ3v) is 6.08. The van der Waals surface area contributed by atoms with Crippen LogP contribution in [0.2, 0.25) is 0 Å². The average molecular weight is 377 g/mol. The topological polar surface area (TPSA) is 0 Å². The Kier molecular flexibility index (Phi) is 9.03. The number of rotatable bonds is 10. The van der Waals surface area contributed by atoms with Crippen LogP contribution in [-0.2, 0) is 6.42 Å². The fourth-order valence-corrected chi connectivity index (χ4v) is 3.56. The van der Waals surface area contributed by atoms with Gasteiger partial charge in [0.1, 0.15) is 0 Å². The van der Waals surface area contributed by atoms with Crippen molar-refractivity contribution < 1.29 is 0 Å². The van der Waals surface area contributed by atoms with E-state index in [0.29, 0.717) is 11.8 Å². The van der Waals surface area contributed by atoms with Gasteiger partial charge < -0.3 is 0 Å². The van der Waals surface area contributed by atoms with E-state index in [1.807, 2.05) is 0 Å². The third-order valence-electron chi connectivity index (χ3n) is 6.08. The summed E-state index contributed by atoms with van der Waals surface area (Å²) >= 11 is 0. The van der Waals surface area contributed by atoms with Crippen LogP contribution in [0.25, 0.3) is 11.1 Å². The van der Waals surface area contributed by atoms with Crippen LogP contribution in [0.3, 0.4) is 0 Å². The number of aryl methyl sites for hydroxylation is 2.